The molecule has 2 atom stereocenters. The molecule has 2 unspecified atom stereocenters. The monoisotopic (exact) mass is 243 g/mol. The van der Waals surface area contributed by atoms with E-state index < -0.39 is 0 Å². The van der Waals surface area contributed by atoms with Gasteiger partial charge in [-0.2, -0.15) is 0 Å². The van der Waals surface area contributed by atoms with E-state index in [-0.39, 0.29) is 12.5 Å². The van der Waals surface area contributed by atoms with E-state index in [0.29, 0.717) is 18.5 Å². The highest BCUT2D eigenvalue weighted by molar-refractivity contribution is 5.75. The first-order valence-corrected chi connectivity index (χ1v) is 6.50. The zero-order valence-corrected chi connectivity index (χ0v) is 10.7. The van der Waals surface area contributed by atoms with Crippen LogP contribution in [0.2, 0.25) is 0 Å². The summed E-state index contributed by atoms with van der Waals surface area (Å²) < 4.78 is 0. The summed E-state index contributed by atoms with van der Waals surface area (Å²) in [6, 6.07) is 0.416. The summed E-state index contributed by atoms with van der Waals surface area (Å²) in [4.78, 5) is 13.1. The molecule has 0 aliphatic carbocycles. The molecule has 1 aliphatic heterocycles. The van der Waals surface area contributed by atoms with Gasteiger partial charge in [0.1, 0.15) is 0 Å². The third-order valence-corrected chi connectivity index (χ3v) is 3.34. The molecule has 4 N–H and O–H groups in total. The second kappa shape index (κ2) is 7.63. The molecular formula is C12H25N3O2. The van der Waals surface area contributed by atoms with Crippen LogP contribution in [-0.4, -0.2) is 54.7 Å². The van der Waals surface area contributed by atoms with E-state index in [4.69, 9.17) is 10.8 Å². The number of carbonyl (C=O) groups is 1. The highest BCUT2D eigenvalue weighted by Crippen LogP contribution is 2.19. The van der Waals surface area contributed by atoms with Crippen molar-refractivity contribution >= 4 is 5.91 Å². The van der Waals surface area contributed by atoms with Crippen molar-refractivity contribution in [1.29, 1.82) is 0 Å². The molecule has 0 aromatic rings. The molecule has 17 heavy (non-hydrogen) atoms. The quantitative estimate of drug-likeness (QED) is 0.529. The van der Waals surface area contributed by atoms with Crippen molar-refractivity contribution < 1.29 is 9.90 Å². The Bertz CT molecular complexity index is 236. The first kappa shape index (κ1) is 14.4. The van der Waals surface area contributed by atoms with Gasteiger partial charge in [0.2, 0.25) is 5.91 Å². The van der Waals surface area contributed by atoms with Crippen molar-refractivity contribution in [3.63, 3.8) is 0 Å². The van der Waals surface area contributed by atoms with Crippen molar-refractivity contribution in [2.75, 3.05) is 32.8 Å². The lowest BCUT2D eigenvalue weighted by molar-refractivity contribution is -0.119. The molecular weight excluding hydrogens is 218 g/mol. The van der Waals surface area contributed by atoms with Gasteiger partial charge in [-0.25, -0.2) is 0 Å². The fourth-order valence-corrected chi connectivity index (χ4v) is 2.48. The van der Waals surface area contributed by atoms with Gasteiger partial charge < -0.3 is 16.2 Å². The van der Waals surface area contributed by atoms with Crippen molar-refractivity contribution in [1.82, 2.24) is 10.2 Å². The molecule has 0 saturated carbocycles. The summed E-state index contributed by atoms with van der Waals surface area (Å²) >= 11 is 0. The molecule has 0 aromatic heterocycles. The van der Waals surface area contributed by atoms with Crippen LogP contribution in [0.25, 0.3) is 0 Å². The Hall–Kier alpha value is -0.650. The second-order valence-corrected chi connectivity index (χ2v) is 4.90. The molecule has 5 nitrogen and oxygen atoms in total. The Morgan fingerprint density at radius 2 is 2.29 bits per heavy atom. The number of rotatable bonds is 7. The molecule has 1 heterocycles. The number of piperidine rings is 1. The number of hydrogen-bond donors (Lipinski definition) is 3. The molecule has 0 spiro atoms. The van der Waals surface area contributed by atoms with E-state index in [1.165, 1.54) is 0 Å². The Kier molecular flexibility index (Phi) is 6.47. The summed E-state index contributed by atoms with van der Waals surface area (Å²) in [6.07, 6.45) is 3.06. The molecule has 1 amide bonds. The Balaban J connectivity index is 2.39. The van der Waals surface area contributed by atoms with E-state index in [1.807, 2.05) is 0 Å². The molecule has 100 valence electrons. The summed E-state index contributed by atoms with van der Waals surface area (Å²) in [5, 5.41) is 12.2. The molecule has 5 heteroatoms. The number of aliphatic hydroxyl groups is 1. The zero-order chi connectivity index (χ0) is 12.7. The fraction of sp³-hybridized carbons (Fsp3) is 0.917. The summed E-state index contributed by atoms with van der Waals surface area (Å²) in [6.45, 7) is 5.45. The van der Waals surface area contributed by atoms with Crippen molar-refractivity contribution in [3.05, 3.63) is 0 Å². The number of aliphatic hydroxyl groups excluding tert-OH is 1. The minimum atomic E-state index is -0.254. The van der Waals surface area contributed by atoms with Crippen LogP contribution < -0.4 is 11.1 Å². The van der Waals surface area contributed by atoms with E-state index in [9.17, 15) is 4.79 Å². The average molecular weight is 243 g/mol. The Morgan fingerprint density at radius 3 is 2.88 bits per heavy atom. The highest BCUT2D eigenvalue weighted by atomic mass is 16.3. The van der Waals surface area contributed by atoms with Gasteiger partial charge >= 0.3 is 0 Å². The van der Waals surface area contributed by atoms with Crippen LogP contribution in [0, 0.1) is 5.92 Å². The first-order chi connectivity index (χ1) is 8.15. The number of carbonyl (C=O) groups excluding carboxylic acids is 1. The predicted octanol–water partition coefficient (Wildman–Crippen LogP) is -0.456. The molecule has 1 aliphatic rings. The third-order valence-electron chi connectivity index (χ3n) is 3.34. The van der Waals surface area contributed by atoms with Crippen LogP contribution in [0.4, 0.5) is 0 Å². The van der Waals surface area contributed by atoms with Crippen LogP contribution in [0.1, 0.15) is 26.2 Å². The van der Waals surface area contributed by atoms with E-state index in [1.54, 1.807) is 0 Å². The lowest BCUT2D eigenvalue weighted by atomic mass is 9.92. The van der Waals surface area contributed by atoms with Crippen LogP contribution >= 0.6 is 0 Å². The van der Waals surface area contributed by atoms with Gasteiger partial charge in [-0.3, -0.25) is 9.69 Å². The van der Waals surface area contributed by atoms with E-state index in [2.05, 4.69) is 17.1 Å². The van der Waals surface area contributed by atoms with Crippen molar-refractivity contribution in [3.8, 4) is 0 Å². The summed E-state index contributed by atoms with van der Waals surface area (Å²) in [5.74, 6) is 0.380. The van der Waals surface area contributed by atoms with Gasteiger partial charge in [-0.15, -0.1) is 0 Å². The summed E-state index contributed by atoms with van der Waals surface area (Å²) in [5.41, 5.74) is 5.24. The van der Waals surface area contributed by atoms with Crippen LogP contribution in [-0.2, 0) is 4.79 Å². The Morgan fingerprint density at radius 1 is 1.53 bits per heavy atom. The zero-order valence-electron chi connectivity index (χ0n) is 10.7. The molecule has 1 saturated heterocycles. The average Bonchev–Trinajstić information content (AvgIpc) is 2.28. The predicted molar refractivity (Wildman–Crippen MR) is 67.5 cm³/mol. The largest absolute Gasteiger partial charge is 0.396 e. The van der Waals surface area contributed by atoms with Gasteiger partial charge in [-0.05, 0) is 25.3 Å². The smallest absolute Gasteiger partial charge is 0.231 e. The second-order valence-electron chi connectivity index (χ2n) is 4.90. The van der Waals surface area contributed by atoms with Crippen molar-refractivity contribution in [2.24, 2.45) is 11.7 Å². The summed E-state index contributed by atoms with van der Waals surface area (Å²) in [7, 11) is 0. The van der Waals surface area contributed by atoms with Crippen LogP contribution in [0.15, 0.2) is 0 Å². The molecule has 1 rings (SSSR count). The van der Waals surface area contributed by atoms with Gasteiger partial charge in [0.05, 0.1) is 6.54 Å². The lowest BCUT2D eigenvalue weighted by Crippen LogP contribution is -2.51. The molecule has 0 aromatic carbocycles. The standard InChI is InChI=1S/C12H25N3O2/c1-2-10-6-11(14-4-3-5-16)8-15(7-10)9-12(13)17/h10-11,14,16H,2-9H2,1H3,(H2,13,17). The maximum absolute atomic E-state index is 11.0. The topological polar surface area (TPSA) is 78.6 Å². The minimum Gasteiger partial charge on any atom is -0.396 e. The number of likely N-dealkylation sites (tertiary alicyclic amines) is 1. The number of nitrogens with zero attached hydrogens (tertiary/aromatic N) is 1. The van der Waals surface area contributed by atoms with E-state index >= 15 is 0 Å². The van der Waals surface area contributed by atoms with Gasteiger partial charge in [-0.1, -0.05) is 13.3 Å². The van der Waals surface area contributed by atoms with Gasteiger partial charge in [0, 0.05) is 25.7 Å². The normalized spacial score (nSPS) is 26.0. The van der Waals surface area contributed by atoms with Crippen molar-refractivity contribution in [2.45, 2.75) is 32.2 Å². The highest BCUT2D eigenvalue weighted by Gasteiger charge is 2.26. The third kappa shape index (κ3) is 5.48. The first-order valence-electron chi connectivity index (χ1n) is 6.50. The van der Waals surface area contributed by atoms with Crippen LogP contribution in [0.3, 0.4) is 0 Å². The lowest BCUT2D eigenvalue weighted by Gasteiger charge is -2.37. The van der Waals surface area contributed by atoms with Gasteiger partial charge in [0.25, 0.3) is 0 Å². The maximum Gasteiger partial charge on any atom is 0.231 e. The number of hydrogen-bond acceptors (Lipinski definition) is 4. The molecule has 1 fully saturated rings. The number of amides is 1. The number of nitrogens with one attached hydrogen (secondary N) is 1. The number of nitrogens with two attached hydrogens (primary N) is 1. The SMILES string of the molecule is CCC1CC(NCCCO)CN(CC(N)=O)C1. The van der Waals surface area contributed by atoms with Gasteiger partial charge in [0.15, 0.2) is 0 Å². The van der Waals surface area contributed by atoms with E-state index in [0.717, 1.165) is 38.9 Å². The van der Waals surface area contributed by atoms with Crippen LogP contribution in [0.5, 0.6) is 0 Å². The Labute approximate surface area is 103 Å². The molecule has 0 radical (unpaired) electrons. The fourth-order valence-electron chi connectivity index (χ4n) is 2.48. The minimum absolute atomic E-state index is 0.224. The maximum atomic E-state index is 11.0. The number of primary amides is 1. The molecule has 0 bridgehead atoms.